The maximum absolute atomic E-state index is 14.3. The maximum atomic E-state index is 14.3. The number of ether oxygens (including phenoxy) is 2. The molecule has 1 aliphatic heterocycles. The van der Waals surface area contributed by atoms with E-state index in [1.54, 1.807) is 0 Å². The summed E-state index contributed by atoms with van der Waals surface area (Å²) >= 11 is 6.25. The van der Waals surface area contributed by atoms with Crippen LogP contribution in [0.1, 0.15) is 28.0 Å². The van der Waals surface area contributed by atoms with Crippen LogP contribution in [0.15, 0.2) is 35.5 Å². The number of hydrogen-bond donors (Lipinski definition) is 2. The van der Waals surface area contributed by atoms with E-state index in [1.807, 2.05) is 0 Å². The third kappa shape index (κ3) is 3.92. The molecule has 170 valence electrons. The van der Waals surface area contributed by atoms with Gasteiger partial charge >= 0.3 is 6.61 Å². The molecule has 0 spiro atoms. The smallest absolute Gasteiger partial charge is 0.387 e. The van der Waals surface area contributed by atoms with Gasteiger partial charge in [0.05, 0.1) is 6.20 Å². The Labute approximate surface area is 184 Å². The minimum Gasteiger partial charge on any atom is -0.462 e. The fourth-order valence-corrected chi connectivity index (χ4v) is 4.12. The van der Waals surface area contributed by atoms with Crippen molar-refractivity contribution < 1.29 is 31.8 Å². The van der Waals surface area contributed by atoms with E-state index in [9.17, 15) is 22.4 Å². The average Bonchev–Trinajstić information content (AvgIpc) is 3.47. The molecule has 1 aromatic carbocycles. The number of nitrogens with one attached hydrogen (secondary N) is 1. The number of amidine groups is 1. The van der Waals surface area contributed by atoms with Gasteiger partial charge in [0.15, 0.2) is 5.54 Å². The van der Waals surface area contributed by atoms with Crippen LogP contribution in [-0.4, -0.2) is 36.1 Å². The number of anilines is 1. The molecule has 0 saturated heterocycles. The van der Waals surface area contributed by atoms with Crippen molar-refractivity contribution in [2.24, 2.45) is 16.6 Å². The fourth-order valence-electron chi connectivity index (χ4n) is 3.85. The minimum absolute atomic E-state index is 0.0103. The van der Waals surface area contributed by atoms with Crippen LogP contribution in [0.25, 0.3) is 0 Å². The second-order valence-corrected chi connectivity index (χ2v) is 7.85. The van der Waals surface area contributed by atoms with E-state index in [-0.39, 0.29) is 39.3 Å². The van der Waals surface area contributed by atoms with Crippen molar-refractivity contribution in [3.63, 3.8) is 0 Å². The van der Waals surface area contributed by atoms with Crippen molar-refractivity contribution >= 4 is 29.2 Å². The summed E-state index contributed by atoms with van der Waals surface area (Å²) in [7, 11) is 0. The first-order chi connectivity index (χ1) is 15.1. The number of alkyl halides is 4. The lowest BCUT2D eigenvalue weighted by Crippen LogP contribution is -2.43. The van der Waals surface area contributed by atoms with Crippen molar-refractivity contribution in [3.8, 4) is 5.75 Å². The number of nitrogens with two attached hydrogens (primary N) is 1. The maximum Gasteiger partial charge on any atom is 0.387 e. The zero-order chi connectivity index (χ0) is 23.2. The number of pyridine rings is 1. The summed E-state index contributed by atoms with van der Waals surface area (Å²) in [6.07, 6.45) is -2.07. The van der Waals surface area contributed by atoms with Crippen molar-refractivity contribution in [2.75, 3.05) is 5.32 Å². The Morgan fingerprint density at radius 1 is 1.34 bits per heavy atom. The van der Waals surface area contributed by atoms with Gasteiger partial charge in [0.2, 0.25) is 0 Å². The molecule has 2 aromatic rings. The average molecular weight is 473 g/mol. The number of hydrogen-bond acceptors (Lipinski definition) is 6. The molecule has 1 aliphatic carbocycles. The zero-order valence-corrected chi connectivity index (χ0v) is 17.2. The molecule has 0 bridgehead atoms. The largest absolute Gasteiger partial charge is 0.462 e. The van der Waals surface area contributed by atoms with Crippen LogP contribution in [0.5, 0.6) is 5.75 Å². The minimum atomic E-state index is -3.03. The SMILES string of the molecule is Cc1cc(OC(F)F)cnc1C(=O)Nc1ccc(Cl)c([C@]2(C(F)F)N=C(N)O[C@@H]3C[C@@H]32)c1. The number of amides is 1. The van der Waals surface area contributed by atoms with Gasteiger partial charge < -0.3 is 20.5 Å². The van der Waals surface area contributed by atoms with Gasteiger partial charge in [-0.2, -0.15) is 8.78 Å². The third-order valence-corrected chi connectivity index (χ3v) is 5.68. The summed E-state index contributed by atoms with van der Waals surface area (Å²) in [6, 6.07) is 5.01. The molecule has 2 heterocycles. The molecule has 0 unspecified atom stereocenters. The molecule has 12 heteroatoms. The van der Waals surface area contributed by atoms with Crippen molar-refractivity contribution in [3.05, 3.63) is 52.3 Å². The molecule has 7 nitrogen and oxygen atoms in total. The number of carbonyl (C=O) groups excluding carboxylic acids is 1. The summed E-state index contributed by atoms with van der Waals surface area (Å²) in [5.41, 5.74) is 4.03. The molecule has 32 heavy (non-hydrogen) atoms. The number of rotatable bonds is 6. The van der Waals surface area contributed by atoms with E-state index in [2.05, 4.69) is 20.0 Å². The van der Waals surface area contributed by atoms with Gasteiger partial charge in [-0.3, -0.25) is 4.79 Å². The fraction of sp³-hybridized carbons (Fsp3) is 0.350. The van der Waals surface area contributed by atoms with E-state index >= 15 is 0 Å². The number of aryl methyl sites for hydroxylation is 1. The normalized spacial score (nSPS) is 23.9. The Bertz CT molecular complexity index is 1100. The Morgan fingerprint density at radius 2 is 2.09 bits per heavy atom. The van der Waals surface area contributed by atoms with Crippen LogP contribution in [0.4, 0.5) is 23.2 Å². The highest BCUT2D eigenvalue weighted by Crippen LogP contribution is 2.57. The lowest BCUT2D eigenvalue weighted by atomic mass is 9.84. The van der Waals surface area contributed by atoms with Crippen LogP contribution in [0.2, 0.25) is 5.02 Å². The molecular weight excluding hydrogens is 456 g/mol. The third-order valence-electron chi connectivity index (χ3n) is 5.35. The van der Waals surface area contributed by atoms with Crippen LogP contribution < -0.4 is 15.8 Å². The predicted molar refractivity (Wildman–Crippen MR) is 107 cm³/mol. The summed E-state index contributed by atoms with van der Waals surface area (Å²) < 4.78 is 62.8. The van der Waals surface area contributed by atoms with Gasteiger partial charge in [-0.25, -0.2) is 18.8 Å². The van der Waals surface area contributed by atoms with Crippen LogP contribution >= 0.6 is 11.6 Å². The molecule has 4 rings (SSSR count). The molecule has 0 radical (unpaired) electrons. The van der Waals surface area contributed by atoms with E-state index in [4.69, 9.17) is 22.1 Å². The highest BCUT2D eigenvalue weighted by atomic mass is 35.5. The van der Waals surface area contributed by atoms with Crippen LogP contribution in [-0.2, 0) is 10.3 Å². The molecule has 1 fully saturated rings. The highest BCUT2D eigenvalue weighted by molar-refractivity contribution is 6.31. The Kier molecular flexibility index (Phi) is 5.61. The number of halogens is 5. The van der Waals surface area contributed by atoms with Gasteiger partial charge in [0.1, 0.15) is 17.5 Å². The van der Waals surface area contributed by atoms with Crippen molar-refractivity contribution in [1.29, 1.82) is 0 Å². The van der Waals surface area contributed by atoms with E-state index < -0.39 is 36.5 Å². The molecular formula is C20H17ClF4N4O3. The predicted octanol–water partition coefficient (Wildman–Crippen LogP) is 4.09. The Hall–Kier alpha value is -3.08. The van der Waals surface area contributed by atoms with Gasteiger partial charge in [-0.05, 0) is 43.2 Å². The van der Waals surface area contributed by atoms with Gasteiger partial charge in [-0.15, -0.1) is 0 Å². The number of aliphatic imine (C=N–C) groups is 1. The van der Waals surface area contributed by atoms with Gasteiger partial charge in [-0.1, -0.05) is 11.6 Å². The summed E-state index contributed by atoms with van der Waals surface area (Å²) in [5, 5.41) is 2.59. The van der Waals surface area contributed by atoms with E-state index in [0.29, 0.717) is 6.42 Å². The lowest BCUT2D eigenvalue weighted by Gasteiger charge is -2.33. The van der Waals surface area contributed by atoms with Crippen LogP contribution in [0, 0.1) is 12.8 Å². The number of fused-ring (bicyclic) bond motifs is 1. The van der Waals surface area contributed by atoms with Crippen molar-refractivity contribution in [2.45, 2.75) is 38.0 Å². The summed E-state index contributed by atoms with van der Waals surface area (Å²) in [6.45, 7) is -1.54. The lowest BCUT2D eigenvalue weighted by molar-refractivity contribution is -0.0501. The first-order valence-electron chi connectivity index (χ1n) is 9.44. The van der Waals surface area contributed by atoms with Crippen LogP contribution in [0.3, 0.4) is 0 Å². The summed E-state index contributed by atoms with van der Waals surface area (Å²) in [4.78, 5) is 20.5. The van der Waals surface area contributed by atoms with E-state index in [1.165, 1.54) is 31.2 Å². The van der Waals surface area contributed by atoms with Crippen molar-refractivity contribution in [1.82, 2.24) is 4.98 Å². The molecule has 1 saturated carbocycles. The first-order valence-corrected chi connectivity index (χ1v) is 9.82. The van der Waals surface area contributed by atoms with E-state index in [0.717, 1.165) is 6.20 Å². The molecule has 1 aromatic heterocycles. The number of nitrogens with zero attached hydrogens (tertiary/aromatic N) is 2. The first kappa shape index (κ1) is 22.1. The topological polar surface area (TPSA) is 98.8 Å². The monoisotopic (exact) mass is 472 g/mol. The molecule has 3 atom stereocenters. The summed E-state index contributed by atoms with van der Waals surface area (Å²) in [5.74, 6) is -1.48. The number of aromatic nitrogens is 1. The standard InChI is InChI=1S/C20H17ClF4N4O3/c1-8-4-10(31-18(24)25)7-27-15(8)16(30)28-9-2-3-13(21)11(5-9)20(17(22)23)12-6-14(12)32-19(26)29-20/h2-5,7,12,14,17-18H,6H2,1H3,(H2,26,29)(H,28,30)/t12-,14+,20-/m0/s1. The quantitative estimate of drug-likeness (QED) is 0.617. The molecule has 1 amide bonds. The highest BCUT2D eigenvalue weighted by Gasteiger charge is 2.64. The Balaban J connectivity index is 1.64. The number of carbonyl (C=O) groups is 1. The second kappa shape index (κ2) is 8.12. The molecule has 2 aliphatic rings. The number of benzene rings is 1. The second-order valence-electron chi connectivity index (χ2n) is 7.44. The zero-order valence-electron chi connectivity index (χ0n) is 16.5. The van der Waals surface area contributed by atoms with Gasteiger partial charge in [0, 0.05) is 22.2 Å². The molecule has 3 N–H and O–H groups in total. The Morgan fingerprint density at radius 3 is 2.75 bits per heavy atom. The van der Waals surface area contributed by atoms with Gasteiger partial charge in [0.25, 0.3) is 18.4 Å².